The number of thiazole rings is 1. The number of imide groups is 1. The molecule has 1 aromatic heterocycles. The monoisotopic (exact) mass is 644 g/mol. The predicted molar refractivity (Wildman–Crippen MR) is 171 cm³/mol. The molecule has 3 heterocycles. The lowest BCUT2D eigenvalue weighted by Gasteiger charge is -2.43. The van der Waals surface area contributed by atoms with Crippen LogP contribution < -0.4 is 19.2 Å². The number of benzene rings is 3. The normalized spacial score (nSPS) is 28.2. The van der Waals surface area contributed by atoms with Crippen LogP contribution in [0.2, 0.25) is 5.02 Å². The van der Waals surface area contributed by atoms with Crippen molar-refractivity contribution < 1.29 is 19.1 Å². The SMILES string of the molecule is COc1ccc(N2C(=O)[C@H]3[C@H]4C[C@@H]([C@@H]3C2=O)[C@H]2[C@H](c3cc(Cl)ccc3OCc3cccc(C)c3)c3sc(=O)[nH]c3S[C@H]42)cc1. The summed E-state index contributed by atoms with van der Waals surface area (Å²) in [6.45, 7) is 2.45. The second-order valence-corrected chi connectivity index (χ2v) is 14.8. The van der Waals surface area contributed by atoms with Gasteiger partial charge in [-0.1, -0.05) is 52.8 Å². The average Bonchev–Trinajstić information content (AvgIpc) is 3.75. The highest BCUT2D eigenvalue weighted by molar-refractivity contribution is 8.00. The number of methoxy groups -OCH3 is 1. The third kappa shape index (κ3) is 4.27. The number of nitrogens with zero attached hydrogens (tertiary/aromatic N) is 1. The Morgan fingerprint density at radius 2 is 1.75 bits per heavy atom. The molecule has 4 aromatic rings. The van der Waals surface area contributed by atoms with Crippen molar-refractivity contribution in [3.8, 4) is 11.5 Å². The smallest absolute Gasteiger partial charge is 0.305 e. The molecular weight excluding hydrogens is 616 g/mol. The number of nitrogens with one attached hydrogen (secondary N) is 1. The maximum absolute atomic E-state index is 14.1. The number of hydrogen-bond acceptors (Lipinski definition) is 7. The van der Waals surface area contributed by atoms with Crippen molar-refractivity contribution in [2.45, 2.75) is 36.1 Å². The Morgan fingerprint density at radius 3 is 2.50 bits per heavy atom. The molecule has 2 amide bonds. The maximum Gasteiger partial charge on any atom is 0.305 e. The number of hydrogen-bond donors (Lipinski definition) is 1. The fraction of sp³-hybridized carbons (Fsp3) is 0.324. The molecule has 7 nitrogen and oxygen atoms in total. The quantitative estimate of drug-likeness (QED) is 0.236. The first-order chi connectivity index (χ1) is 21.3. The second-order valence-electron chi connectivity index (χ2n) is 12.1. The van der Waals surface area contributed by atoms with Gasteiger partial charge in [0, 0.05) is 26.6 Å². The molecule has 0 unspecified atom stereocenters. The van der Waals surface area contributed by atoms with E-state index in [2.05, 4.69) is 24.0 Å². The van der Waals surface area contributed by atoms with E-state index in [4.69, 9.17) is 21.1 Å². The lowest BCUT2D eigenvalue weighted by Crippen LogP contribution is -2.42. The van der Waals surface area contributed by atoms with Crippen LogP contribution in [0.5, 0.6) is 11.5 Å². The summed E-state index contributed by atoms with van der Waals surface area (Å²) in [6.07, 6.45) is 0.807. The number of anilines is 1. The van der Waals surface area contributed by atoms with E-state index in [1.807, 2.05) is 30.3 Å². The minimum absolute atomic E-state index is 0.0128. The number of thioether (sulfide) groups is 1. The summed E-state index contributed by atoms with van der Waals surface area (Å²) in [5.74, 6) is 0.220. The molecule has 2 aliphatic carbocycles. The lowest BCUT2D eigenvalue weighted by atomic mass is 9.68. The molecule has 0 radical (unpaired) electrons. The molecule has 3 aromatic carbocycles. The van der Waals surface area contributed by atoms with Crippen LogP contribution >= 0.6 is 34.7 Å². The second kappa shape index (κ2) is 10.5. The average molecular weight is 645 g/mol. The number of carbonyl (C=O) groups is 2. The van der Waals surface area contributed by atoms with Crippen LogP contribution in [-0.2, 0) is 16.2 Å². The number of aryl methyl sites for hydroxylation is 1. The van der Waals surface area contributed by atoms with Gasteiger partial charge in [0.2, 0.25) is 11.8 Å². The fourth-order valence-corrected chi connectivity index (χ4v) is 11.3. The zero-order valence-electron chi connectivity index (χ0n) is 24.0. The number of aromatic nitrogens is 1. The van der Waals surface area contributed by atoms with Crippen LogP contribution in [0.1, 0.15) is 33.9 Å². The molecule has 2 bridgehead atoms. The van der Waals surface area contributed by atoms with Gasteiger partial charge in [-0.25, -0.2) is 0 Å². The molecule has 10 heteroatoms. The first-order valence-corrected chi connectivity index (χ1v) is 16.8. The predicted octanol–water partition coefficient (Wildman–Crippen LogP) is 6.66. The van der Waals surface area contributed by atoms with Crippen molar-refractivity contribution in [1.29, 1.82) is 0 Å². The van der Waals surface area contributed by atoms with Gasteiger partial charge in [-0.05, 0) is 79.1 Å². The Morgan fingerprint density at radius 1 is 0.977 bits per heavy atom. The summed E-state index contributed by atoms with van der Waals surface area (Å²) in [7, 11) is 1.59. The zero-order valence-corrected chi connectivity index (χ0v) is 26.4. The van der Waals surface area contributed by atoms with Crippen molar-refractivity contribution in [1.82, 2.24) is 4.98 Å². The highest BCUT2D eigenvalue weighted by Gasteiger charge is 2.69. The highest BCUT2D eigenvalue weighted by atomic mass is 35.5. The first kappa shape index (κ1) is 28.0. The van der Waals surface area contributed by atoms with Gasteiger partial charge >= 0.3 is 4.87 Å². The molecule has 44 heavy (non-hydrogen) atoms. The molecule has 2 aliphatic heterocycles. The van der Waals surface area contributed by atoms with E-state index in [0.717, 1.165) is 33.0 Å². The molecule has 8 rings (SSSR count). The van der Waals surface area contributed by atoms with Crippen molar-refractivity contribution in [2.75, 3.05) is 12.0 Å². The van der Waals surface area contributed by atoms with Gasteiger partial charge in [-0.15, -0.1) is 11.8 Å². The van der Waals surface area contributed by atoms with E-state index in [1.165, 1.54) is 16.2 Å². The standard InChI is InChI=1S/C34H29ClN2O5S2/c1-16-4-3-5-17(12-16)15-42-24-11-6-18(35)13-21(24)25-26-22-14-23(29(26)43-31-30(25)44-34(40)36-31)28-27(22)32(38)37(33(28)39)19-7-9-20(41-2)10-8-19/h3-13,22-23,25-29H,14-15H2,1-2H3,(H,36,40)/t22-,23-,25+,26+,27+,28+,29-/m1/s1. The van der Waals surface area contributed by atoms with Crippen LogP contribution in [0.25, 0.3) is 0 Å². The number of halogens is 1. The highest BCUT2D eigenvalue weighted by Crippen LogP contribution is 2.69. The number of amides is 2. The van der Waals surface area contributed by atoms with Crippen LogP contribution in [0.15, 0.2) is 76.6 Å². The van der Waals surface area contributed by atoms with Crippen LogP contribution in [-0.4, -0.2) is 29.2 Å². The number of H-pyrrole nitrogens is 1. The Balaban J connectivity index is 1.19. The summed E-state index contributed by atoms with van der Waals surface area (Å²) in [5.41, 5.74) is 3.72. The Kier molecular flexibility index (Phi) is 6.70. The molecule has 3 fully saturated rings. The van der Waals surface area contributed by atoms with Crippen LogP contribution in [0.3, 0.4) is 0 Å². The molecule has 1 N–H and O–H groups in total. The first-order valence-electron chi connectivity index (χ1n) is 14.7. The minimum atomic E-state index is -0.396. The minimum Gasteiger partial charge on any atom is -0.497 e. The van der Waals surface area contributed by atoms with E-state index in [9.17, 15) is 14.4 Å². The van der Waals surface area contributed by atoms with Gasteiger partial charge in [-0.3, -0.25) is 19.3 Å². The van der Waals surface area contributed by atoms with Gasteiger partial charge in [0.15, 0.2) is 0 Å². The summed E-state index contributed by atoms with van der Waals surface area (Å²) < 4.78 is 11.8. The number of aromatic amines is 1. The zero-order chi connectivity index (χ0) is 30.3. The third-order valence-corrected chi connectivity index (χ3v) is 12.7. The Hall–Kier alpha value is -3.53. The Labute approximate surface area is 267 Å². The molecule has 224 valence electrons. The van der Waals surface area contributed by atoms with Crippen LogP contribution in [0.4, 0.5) is 5.69 Å². The Bertz CT molecular complexity index is 1870. The summed E-state index contributed by atoms with van der Waals surface area (Å²) in [6, 6.07) is 21.0. The fourth-order valence-electron chi connectivity index (χ4n) is 8.21. The number of carbonyl (C=O) groups excluding carboxylic acids is 2. The van der Waals surface area contributed by atoms with Gasteiger partial charge in [0.25, 0.3) is 0 Å². The van der Waals surface area contributed by atoms with E-state index in [-0.39, 0.29) is 51.5 Å². The van der Waals surface area contributed by atoms with Crippen LogP contribution in [0, 0.1) is 36.5 Å². The van der Waals surface area contributed by atoms with Gasteiger partial charge in [0.1, 0.15) is 18.1 Å². The molecule has 0 spiro atoms. The largest absolute Gasteiger partial charge is 0.497 e. The van der Waals surface area contributed by atoms with Crippen molar-refractivity contribution in [2.24, 2.45) is 29.6 Å². The molecule has 4 aliphatic rings. The number of fused-ring (bicyclic) bond motifs is 9. The van der Waals surface area contributed by atoms with Gasteiger partial charge in [-0.2, -0.15) is 0 Å². The van der Waals surface area contributed by atoms with E-state index >= 15 is 0 Å². The molecule has 7 atom stereocenters. The maximum atomic E-state index is 14.1. The van der Waals surface area contributed by atoms with Crippen molar-refractivity contribution >= 4 is 52.2 Å². The molecular formula is C34H29ClN2O5S2. The number of rotatable bonds is 6. The van der Waals surface area contributed by atoms with Gasteiger partial charge in [0.05, 0.1) is 29.7 Å². The van der Waals surface area contributed by atoms with Crippen molar-refractivity contribution in [3.63, 3.8) is 0 Å². The van der Waals surface area contributed by atoms with E-state index < -0.39 is 5.92 Å². The van der Waals surface area contributed by atoms with Crippen molar-refractivity contribution in [3.05, 3.63) is 103 Å². The molecule has 1 saturated heterocycles. The lowest BCUT2D eigenvalue weighted by molar-refractivity contribution is -0.123. The number of ether oxygens (including phenoxy) is 2. The molecule has 2 saturated carbocycles. The summed E-state index contributed by atoms with van der Waals surface area (Å²) in [4.78, 5) is 46.1. The van der Waals surface area contributed by atoms with E-state index in [0.29, 0.717) is 28.8 Å². The topological polar surface area (TPSA) is 88.7 Å². The summed E-state index contributed by atoms with van der Waals surface area (Å²) in [5, 5.41) is 1.50. The summed E-state index contributed by atoms with van der Waals surface area (Å²) >= 11 is 9.52. The van der Waals surface area contributed by atoms with E-state index in [1.54, 1.807) is 43.1 Å². The van der Waals surface area contributed by atoms with Gasteiger partial charge < -0.3 is 14.5 Å². The third-order valence-electron chi connectivity index (χ3n) is 9.84.